The monoisotopic (exact) mass is 317 g/mol. The number of benzene rings is 2. The molecule has 2 aromatic heterocycles. The molecule has 0 aliphatic heterocycles. The molecule has 0 fully saturated rings. The molecule has 0 aliphatic carbocycles. The third-order valence-electron chi connectivity index (χ3n) is 4.34. The third-order valence-corrected chi connectivity index (χ3v) is 4.34. The molecule has 2 heterocycles. The largest absolute Gasteiger partial charge is 0.455 e. The number of halogens is 1. The fourth-order valence-corrected chi connectivity index (χ4v) is 3.24. The third kappa shape index (κ3) is 1.99. The summed E-state index contributed by atoms with van der Waals surface area (Å²) in [6.45, 7) is 2.02. The summed E-state index contributed by atoms with van der Waals surface area (Å²) in [5, 5.41) is 10.8. The minimum absolute atomic E-state index is 0.210. The fraction of sp³-hybridized carbons (Fsp3) is 0.100. The Bertz CT molecular complexity index is 1150. The first kappa shape index (κ1) is 14.4. The lowest BCUT2D eigenvalue weighted by atomic mass is 9.97. The highest BCUT2D eigenvalue weighted by Gasteiger charge is 2.21. The van der Waals surface area contributed by atoms with E-state index < -0.39 is 5.82 Å². The molecule has 0 amide bonds. The molecule has 2 aromatic carbocycles. The molecule has 4 aromatic rings. The van der Waals surface area contributed by atoms with E-state index in [1.807, 2.05) is 61.1 Å². The Morgan fingerprint density at radius 1 is 1.17 bits per heavy atom. The van der Waals surface area contributed by atoms with Gasteiger partial charge < -0.3 is 4.42 Å². The lowest BCUT2D eigenvalue weighted by molar-refractivity contribution is -0.660. The van der Waals surface area contributed by atoms with Crippen LogP contribution >= 0.6 is 0 Å². The highest BCUT2D eigenvalue weighted by Crippen LogP contribution is 2.38. The van der Waals surface area contributed by atoms with Crippen molar-refractivity contribution in [2.45, 2.75) is 6.92 Å². The Morgan fingerprint density at radius 3 is 2.75 bits per heavy atom. The van der Waals surface area contributed by atoms with Crippen molar-refractivity contribution < 1.29 is 13.4 Å². The van der Waals surface area contributed by atoms with E-state index in [2.05, 4.69) is 0 Å². The average Bonchev–Trinajstić information content (AvgIpc) is 2.94. The maximum absolute atomic E-state index is 14.0. The molecule has 0 bridgehead atoms. The highest BCUT2D eigenvalue weighted by atomic mass is 19.1. The molecule has 0 atom stereocenters. The molecule has 4 heteroatoms. The van der Waals surface area contributed by atoms with Crippen molar-refractivity contribution in [3.63, 3.8) is 0 Å². The molecule has 116 valence electrons. The lowest BCUT2D eigenvalue weighted by Gasteiger charge is -2.06. The topological polar surface area (TPSA) is 40.8 Å². The molecule has 0 N–H and O–H groups in total. The quantitative estimate of drug-likeness (QED) is 0.488. The molecule has 0 unspecified atom stereocenters. The zero-order chi connectivity index (χ0) is 16.8. The number of aryl methyl sites for hydroxylation is 2. The van der Waals surface area contributed by atoms with Gasteiger partial charge in [-0.15, -0.1) is 0 Å². The number of hydrogen-bond donors (Lipinski definition) is 0. The minimum atomic E-state index is -0.438. The van der Waals surface area contributed by atoms with Crippen LogP contribution in [0.15, 0.2) is 53.1 Å². The van der Waals surface area contributed by atoms with Gasteiger partial charge in [0.1, 0.15) is 24.5 Å². The zero-order valence-electron chi connectivity index (χ0n) is 13.3. The van der Waals surface area contributed by atoms with Gasteiger partial charge in [0.05, 0.1) is 11.1 Å². The Morgan fingerprint density at radius 2 is 2.00 bits per heavy atom. The van der Waals surface area contributed by atoms with Gasteiger partial charge in [0.25, 0.3) is 0 Å². The predicted octanol–water partition coefficient (Wildman–Crippen LogP) is 4.40. The van der Waals surface area contributed by atoms with Crippen LogP contribution < -0.4 is 4.57 Å². The number of nitrogens with zero attached hydrogens (tertiary/aromatic N) is 2. The summed E-state index contributed by atoms with van der Waals surface area (Å²) in [6, 6.07) is 14.5. The van der Waals surface area contributed by atoms with Gasteiger partial charge in [-0.2, -0.15) is 5.26 Å². The van der Waals surface area contributed by atoms with Gasteiger partial charge in [-0.3, -0.25) is 0 Å². The second kappa shape index (κ2) is 5.17. The second-order valence-corrected chi connectivity index (χ2v) is 5.87. The van der Waals surface area contributed by atoms with Gasteiger partial charge in [-0.05, 0) is 36.8 Å². The van der Waals surface area contributed by atoms with Crippen LogP contribution in [0, 0.1) is 24.1 Å². The summed E-state index contributed by atoms with van der Waals surface area (Å²) in [5.74, 6) is -0.438. The first-order valence-electron chi connectivity index (χ1n) is 7.60. The molecular formula is C20H14FN2O+. The molecule has 0 saturated heterocycles. The Labute approximate surface area is 138 Å². The smallest absolute Gasteiger partial charge is 0.213 e. The molecule has 0 saturated carbocycles. The van der Waals surface area contributed by atoms with Crippen molar-refractivity contribution in [1.29, 1.82) is 5.26 Å². The summed E-state index contributed by atoms with van der Waals surface area (Å²) < 4.78 is 21.9. The number of rotatable bonds is 1. The fourth-order valence-electron chi connectivity index (χ4n) is 3.24. The average molecular weight is 317 g/mol. The van der Waals surface area contributed by atoms with Crippen LogP contribution in [0.25, 0.3) is 33.2 Å². The zero-order valence-corrected chi connectivity index (χ0v) is 13.3. The molecular weight excluding hydrogens is 303 g/mol. The Kier molecular flexibility index (Phi) is 3.10. The maximum Gasteiger partial charge on any atom is 0.213 e. The summed E-state index contributed by atoms with van der Waals surface area (Å²) in [6.07, 6.45) is 1.97. The number of nitriles is 1. The summed E-state index contributed by atoms with van der Waals surface area (Å²) in [5.41, 5.74) is 4.35. The standard InChI is InChI=1S/C20H14FN2O/c1-12-6-7-17-19(18(12)16-5-3-4-8-23(16)2)15-10-14(21)9-13(11-22)20(15)24-17/h3-10H,1-2H3/q+1. The van der Waals surface area contributed by atoms with Crippen molar-refractivity contribution in [3.05, 3.63) is 65.6 Å². The number of fused-ring (bicyclic) bond motifs is 3. The second-order valence-electron chi connectivity index (χ2n) is 5.87. The van der Waals surface area contributed by atoms with Gasteiger partial charge in [0.15, 0.2) is 11.8 Å². The van der Waals surface area contributed by atoms with Gasteiger partial charge in [0.2, 0.25) is 5.69 Å². The number of furan rings is 1. The molecule has 3 nitrogen and oxygen atoms in total. The normalized spacial score (nSPS) is 11.1. The summed E-state index contributed by atoms with van der Waals surface area (Å²) in [4.78, 5) is 0. The van der Waals surface area contributed by atoms with E-state index in [0.717, 1.165) is 22.2 Å². The van der Waals surface area contributed by atoms with E-state index in [1.165, 1.54) is 12.1 Å². The van der Waals surface area contributed by atoms with Crippen LogP contribution in [-0.4, -0.2) is 0 Å². The van der Waals surface area contributed by atoms with Crippen LogP contribution in [0.2, 0.25) is 0 Å². The van der Waals surface area contributed by atoms with Crippen molar-refractivity contribution in [1.82, 2.24) is 0 Å². The lowest BCUT2D eigenvalue weighted by Crippen LogP contribution is -2.30. The summed E-state index contributed by atoms with van der Waals surface area (Å²) in [7, 11) is 1.97. The maximum atomic E-state index is 14.0. The van der Waals surface area contributed by atoms with Gasteiger partial charge in [-0.1, -0.05) is 6.07 Å². The first-order chi connectivity index (χ1) is 11.6. The molecule has 0 spiro atoms. The van der Waals surface area contributed by atoms with Crippen molar-refractivity contribution in [3.8, 4) is 17.3 Å². The van der Waals surface area contributed by atoms with E-state index in [1.54, 1.807) is 0 Å². The highest BCUT2D eigenvalue weighted by molar-refractivity contribution is 6.13. The Hall–Kier alpha value is -3.19. The summed E-state index contributed by atoms with van der Waals surface area (Å²) >= 11 is 0. The van der Waals surface area contributed by atoms with Crippen LogP contribution in [0.5, 0.6) is 0 Å². The first-order valence-corrected chi connectivity index (χ1v) is 7.60. The predicted molar refractivity (Wildman–Crippen MR) is 89.7 cm³/mol. The van der Waals surface area contributed by atoms with Crippen molar-refractivity contribution in [2.24, 2.45) is 7.05 Å². The number of aromatic nitrogens is 1. The van der Waals surface area contributed by atoms with Crippen LogP contribution in [0.1, 0.15) is 11.1 Å². The minimum Gasteiger partial charge on any atom is -0.455 e. The van der Waals surface area contributed by atoms with E-state index in [9.17, 15) is 9.65 Å². The van der Waals surface area contributed by atoms with Crippen LogP contribution in [0.3, 0.4) is 0 Å². The number of pyridine rings is 1. The van der Waals surface area contributed by atoms with E-state index >= 15 is 0 Å². The van der Waals surface area contributed by atoms with Gasteiger partial charge >= 0.3 is 0 Å². The van der Waals surface area contributed by atoms with Crippen LogP contribution in [0.4, 0.5) is 4.39 Å². The van der Waals surface area contributed by atoms with E-state index in [-0.39, 0.29) is 5.56 Å². The molecule has 4 rings (SSSR count). The number of hydrogen-bond acceptors (Lipinski definition) is 2. The van der Waals surface area contributed by atoms with E-state index in [4.69, 9.17) is 4.42 Å². The molecule has 24 heavy (non-hydrogen) atoms. The SMILES string of the molecule is Cc1ccc2oc3c(C#N)cc(F)cc3c2c1-c1cccc[n+]1C. The van der Waals surface area contributed by atoms with Crippen molar-refractivity contribution >= 4 is 21.9 Å². The molecule has 0 aliphatic rings. The van der Waals surface area contributed by atoms with Gasteiger partial charge in [-0.25, -0.2) is 8.96 Å². The Balaban J connectivity index is 2.24. The van der Waals surface area contributed by atoms with E-state index in [0.29, 0.717) is 16.6 Å². The molecule has 0 radical (unpaired) electrons. The van der Waals surface area contributed by atoms with Crippen LogP contribution in [-0.2, 0) is 7.05 Å². The van der Waals surface area contributed by atoms with Crippen molar-refractivity contribution in [2.75, 3.05) is 0 Å². The van der Waals surface area contributed by atoms with Gasteiger partial charge in [0, 0.05) is 22.9 Å².